The van der Waals surface area contributed by atoms with Crippen LogP contribution in [0.4, 0.5) is 11.6 Å². The molecule has 1 amide bonds. The second-order valence-corrected chi connectivity index (χ2v) is 8.52. The van der Waals surface area contributed by atoms with Gasteiger partial charge in [-0.15, -0.1) is 0 Å². The number of amides is 1. The van der Waals surface area contributed by atoms with Crippen LogP contribution in [-0.2, 0) is 4.74 Å². The summed E-state index contributed by atoms with van der Waals surface area (Å²) in [5, 5.41) is 16.6. The minimum atomic E-state index is -0.0494. The van der Waals surface area contributed by atoms with Crippen molar-refractivity contribution in [3.63, 3.8) is 0 Å². The van der Waals surface area contributed by atoms with Crippen LogP contribution in [0.25, 0.3) is 11.3 Å². The Labute approximate surface area is 192 Å². The quantitative estimate of drug-likeness (QED) is 0.644. The topological polar surface area (TPSA) is 109 Å². The largest absolute Gasteiger partial charge is 0.381 e. The molecule has 1 aromatic carbocycles. The maximum atomic E-state index is 12.5. The molecule has 3 aromatic rings. The molecule has 0 spiro atoms. The monoisotopic (exact) mass is 443 g/mol. The normalized spacial score (nSPS) is 16.8. The van der Waals surface area contributed by atoms with Gasteiger partial charge >= 0.3 is 0 Å². The lowest BCUT2D eigenvalue weighted by Crippen LogP contribution is -2.49. The van der Waals surface area contributed by atoms with Crippen LogP contribution in [0.1, 0.15) is 34.8 Å². The number of nitriles is 1. The van der Waals surface area contributed by atoms with Crippen molar-refractivity contribution in [2.24, 2.45) is 5.92 Å². The molecule has 1 N–H and O–H groups in total. The van der Waals surface area contributed by atoms with Crippen molar-refractivity contribution < 1.29 is 9.53 Å². The molecule has 2 fully saturated rings. The van der Waals surface area contributed by atoms with E-state index in [0.717, 1.165) is 48.6 Å². The van der Waals surface area contributed by atoms with E-state index in [4.69, 9.17) is 15.0 Å². The molecule has 9 heteroatoms. The van der Waals surface area contributed by atoms with E-state index in [2.05, 4.69) is 21.5 Å². The van der Waals surface area contributed by atoms with Crippen molar-refractivity contribution in [1.82, 2.24) is 24.6 Å². The Bertz CT molecular complexity index is 1190. The third-order valence-electron chi connectivity index (χ3n) is 6.15. The number of carbonyl (C=O) groups excluding carboxylic acids is 1. The van der Waals surface area contributed by atoms with Gasteiger partial charge in [-0.05, 0) is 37.5 Å². The Morgan fingerprint density at radius 1 is 1.18 bits per heavy atom. The Morgan fingerprint density at radius 2 is 1.94 bits per heavy atom. The lowest BCUT2D eigenvalue weighted by Gasteiger charge is -2.35. The Morgan fingerprint density at radius 3 is 2.67 bits per heavy atom. The van der Waals surface area contributed by atoms with Crippen LogP contribution in [-0.4, -0.2) is 56.9 Å². The molecule has 0 atom stereocenters. The van der Waals surface area contributed by atoms with Gasteiger partial charge in [0.25, 0.3) is 5.91 Å². The summed E-state index contributed by atoms with van der Waals surface area (Å²) in [5.74, 6) is 0.397. The first kappa shape index (κ1) is 21.1. The zero-order valence-corrected chi connectivity index (χ0v) is 18.4. The number of aromatic nitrogens is 4. The lowest BCUT2D eigenvalue weighted by atomic mass is 10.00. The zero-order chi connectivity index (χ0) is 22.8. The van der Waals surface area contributed by atoms with Crippen LogP contribution in [0.15, 0.2) is 42.9 Å². The Kier molecular flexibility index (Phi) is 5.75. The van der Waals surface area contributed by atoms with Gasteiger partial charge in [-0.25, -0.2) is 9.97 Å². The highest BCUT2D eigenvalue weighted by Crippen LogP contribution is 2.26. The highest BCUT2D eigenvalue weighted by atomic mass is 16.5. The molecule has 5 rings (SSSR count). The Balaban J connectivity index is 1.29. The fourth-order valence-electron chi connectivity index (χ4n) is 4.15. The van der Waals surface area contributed by atoms with E-state index in [-0.39, 0.29) is 11.8 Å². The first-order valence-corrected chi connectivity index (χ1v) is 11.1. The summed E-state index contributed by atoms with van der Waals surface area (Å²) in [6, 6.07) is 9.96. The van der Waals surface area contributed by atoms with Gasteiger partial charge in [-0.2, -0.15) is 10.4 Å². The number of anilines is 2. The number of hydrogen-bond donors (Lipinski definition) is 1. The number of likely N-dealkylation sites (tertiary alicyclic amines) is 1. The van der Waals surface area contributed by atoms with Crippen molar-refractivity contribution in [3.8, 4) is 17.3 Å². The first-order valence-electron chi connectivity index (χ1n) is 11.1. The fourth-order valence-corrected chi connectivity index (χ4v) is 4.15. The van der Waals surface area contributed by atoms with Gasteiger partial charge in [0.15, 0.2) is 0 Å². The molecule has 0 unspecified atom stereocenters. The molecule has 168 valence electrons. The molecule has 33 heavy (non-hydrogen) atoms. The Hall–Kier alpha value is -3.77. The maximum absolute atomic E-state index is 12.5. The SMILES string of the molecule is Cc1cnc(Nc2cnn(C3CCOCC3)c2)nc1-c1ccc(C(=O)N2CC(C#N)C2)cc1. The van der Waals surface area contributed by atoms with Crippen molar-refractivity contribution in [1.29, 1.82) is 5.26 Å². The molecule has 2 saturated heterocycles. The van der Waals surface area contributed by atoms with Crippen LogP contribution in [0.2, 0.25) is 0 Å². The number of nitrogens with one attached hydrogen (secondary N) is 1. The first-order chi connectivity index (χ1) is 16.1. The fraction of sp³-hybridized carbons (Fsp3) is 0.375. The number of hydrogen-bond acceptors (Lipinski definition) is 7. The van der Waals surface area contributed by atoms with Crippen LogP contribution in [0.3, 0.4) is 0 Å². The summed E-state index contributed by atoms with van der Waals surface area (Å²) in [7, 11) is 0. The highest BCUT2D eigenvalue weighted by molar-refractivity contribution is 5.95. The molecule has 2 aliphatic heterocycles. The summed E-state index contributed by atoms with van der Waals surface area (Å²) >= 11 is 0. The van der Waals surface area contributed by atoms with Gasteiger partial charge in [0, 0.05) is 49.8 Å². The van der Waals surface area contributed by atoms with E-state index in [1.165, 1.54) is 0 Å². The average Bonchev–Trinajstić information content (AvgIpc) is 3.29. The molecule has 0 aliphatic carbocycles. The summed E-state index contributed by atoms with van der Waals surface area (Å²) in [4.78, 5) is 23.4. The minimum Gasteiger partial charge on any atom is -0.381 e. The van der Waals surface area contributed by atoms with Crippen LogP contribution < -0.4 is 5.32 Å². The van der Waals surface area contributed by atoms with E-state index in [9.17, 15) is 4.79 Å². The number of ether oxygens (including phenoxy) is 1. The number of aryl methyl sites for hydroxylation is 1. The van der Waals surface area contributed by atoms with Gasteiger partial charge in [0.05, 0.1) is 35.6 Å². The molecule has 0 radical (unpaired) electrons. The second kappa shape index (κ2) is 9.00. The number of nitrogens with zero attached hydrogens (tertiary/aromatic N) is 6. The van der Waals surface area contributed by atoms with Crippen molar-refractivity contribution in [2.75, 3.05) is 31.6 Å². The molecule has 4 heterocycles. The molecular weight excluding hydrogens is 418 g/mol. The summed E-state index contributed by atoms with van der Waals surface area (Å²) in [5.41, 5.74) is 4.10. The molecule has 9 nitrogen and oxygen atoms in total. The van der Waals surface area contributed by atoms with Gasteiger partial charge in [0.2, 0.25) is 5.95 Å². The third kappa shape index (κ3) is 4.43. The van der Waals surface area contributed by atoms with E-state index in [1.807, 2.05) is 42.1 Å². The van der Waals surface area contributed by atoms with E-state index in [1.54, 1.807) is 17.3 Å². The van der Waals surface area contributed by atoms with Crippen LogP contribution in [0.5, 0.6) is 0 Å². The molecular formula is C24H25N7O2. The van der Waals surface area contributed by atoms with Gasteiger partial charge in [-0.1, -0.05) is 12.1 Å². The van der Waals surface area contributed by atoms with Crippen LogP contribution >= 0.6 is 0 Å². The standard InChI is InChI=1S/C24H25N7O2/c1-16-11-26-24(28-20-12-27-31(15-20)21-6-8-33-9-7-21)29-22(16)18-2-4-19(5-3-18)23(32)30-13-17(10-25)14-30/h2-5,11-12,15,17,21H,6-9,13-14H2,1H3,(H,26,28,29). The number of benzene rings is 1. The van der Waals surface area contributed by atoms with Gasteiger partial charge < -0.3 is 15.0 Å². The van der Waals surface area contributed by atoms with Crippen molar-refractivity contribution >= 4 is 17.5 Å². The summed E-state index contributed by atoms with van der Waals surface area (Å²) in [6.45, 7) is 4.50. The van der Waals surface area contributed by atoms with Gasteiger partial charge in [-0.3, -0.25) is 9.48 Å². The average molecular weight is 444 g/mol. The maximum Gasteiger partial charge on any atom is 0.253 e. The lowest BCUT2D eigenvalue weighted by molar-refractivity contribution is 0.0577. The predicted octanol–water partition coefficient (Wildman–Crippen LogP) is 3.34. The van der Waals surface area contributed by atoms with E-state index in [0.29, 0.717) is 30.6 Å². The van der Waals surface area contributed by atoms with E-state index >= 15 is 0 Å². The van der Waals surface area contributed by atoms with Gasteiger partial charge in [0.1, 0.15) is 0 Å². The number of carbonyl (C=O) groups is 1. The molecule has 0 saturated carbocycles. The molecule has 2 aromatic heterocycles. The minimum absolute atomic E-state index is 0.0450. The summed E-state index contributed by atoms with van der Waals surface area (Å²) in [6.07, 6.45) is 7.47. The summed E-state index contributed by atoms with van der Waals surface area (Å²) < 4.78 is 7.41. The molecule has 0 bridgehead atoms. The van der Waals surface area contributed by atoms with Crippen LogP contribution in [0, 0.1) is 24.2 Å². The zero-order valence-electron chi connectivity index (χ0n) is 18.4. The van der Waals surface area contributed by atoms with Crippen molar-refractivity contribution in [3.05, 3.63) is 54.0 Å². The molecule has 2 aliphatic rings. The third-order valence-corrected chi connectivity index (χ3v) is 6.15. The highest BCUT2D eigenvalue weighted by Gasteiger charge is 2.31. The number of rotatable bonds is 5. The predicted molar refractivity (Wildman–Crippen MR) is 122 cm³/mol. The second-order valence-electron chi connectivity index (χ2n) is 8.52. The van der Waals surface area contributed by atoms with E-state index < -0.39 is 0 Å². The smallest absolute Gasteiger partial charge is 0.253 e. The van der Waals surface area contributed by atoms with Crippen molar-refractivity contribution in [2.45, 2.75) is 25.8 Å².